The molecule has 3 rings (SSSR count). The molecule has 124 valence electrons. The third kappa shape index (κ3) is 3.36. The molecule has 0 N–H and O–H groups in total. The Morgan fingerprint density at radius 3 is 2.54 bits per heavy atom. The second-order valence-electron chi connectivity index (χ2n) is 5.42. The molecule has 5 nitrogen and oxygen atoms in total. The Labute approximate surface area is 145 Å². The molecule has 0 saturated carbocycles. The molecule has 0 aliphatic heterocycles. The number of aromatic nitrogens is 3. The van der Waals surface area contributed by atoms with E-state index < -0.39 is 0 Å². The maximum atomic E-state index is 5.89. The number of aryl methyl sites for hydroxylation is 2. The number of nitrogens with zero attached hydrogens (tertiary/aromatic N) is 3. The zero-order chi connectivity index (χ0) is 17.1. The van der Waals surface area contributed by atoms with Gasteiger partial charge in [0.2, 0.25) is 11.8 Å². The molecule has 0 aliphatic rings. The lowest BCUT2D eigenvalue weighted by molar-refractivity contribution is 0.290. The van der Waals surface area contributed by atoms with Crippen LogP contribution in [-0.4, -0.2) is 21.9 Å². The lowest BCUT2D eigenvalue weighted by atomic mass is 10.0. The second-order valence-corrected chi connectivity index (χ2v) is 5.81. The number of benzene rings is 1. The Kier molecular flexibility index (Phi) is 4.71. The Morgan fingerprint density at radius 1 is 1.08 bits per heavy atom. The summed E-state index contributed by atoms with van der Waals surface area (Å²) < 4.78 is 12.7. The zero-order valence-corrected chi connectivity index (χ0v) is 14.5. The first kappa shape index (κ1) is 16.3. The maximum Gasteiger partial charge on any atom is 0.241 e. The van der Waals surface area contributed by atoms with Crippen molar-refractivity contribution in [3.05, 3.63) is 64.4 Å². The summed E-state index contributed by atoms with van der Waals surface area (Å²) in [6.07, 6.45) is 1.80. The Morgan fingerprint density at radius 2 is 1.83 bits per heavy atom. The molecule has 2 heterocycles. The van der Waals surface area contributed by atoms with Gasteiger partial charge in [-0.3, -0.25) is 0 Å². The molecule has 0 bridgehead atoms. The van der Waals surface area contributed by atoms with E-state index in [-0.39, 0.29) is 0 Å². The molecule has 0 atom stereocenters. The molecule has 0 aliphatic carbocycles. The quantitative estimate of drug-likeness (QED) is 0.654. The fraction of sp³-hybridized carbons (Fsp3) is 0.222. The topological polar surface area (TPSA) is 49.2 Å². The minimum Gasteiger partial charge on any atom is -0.479 e. The van der Waals surface area contributed by atoms with Crippen LogP contribution in [0.25, 0.3) is 5.69 Å². The van der Waals surface area contributed by atoms with Gasteiger partial charge in [0.1, 0.15) is 17.4 Å². The molecule has 3 aromatic rings. The highest BCUT2D eigenvalue weighted by Gasteiger charge is 2.11. The highest BCUT2D eigenvalue weighted by Crippen LogP contribution is 2.24. The molecule has 6 heteroatoms. The van der Waals surface area contributed by atoms with Gasteiger partial charge in [-0.05, 0) is 42.7 Å². The van der Waals surface area contributed by atoms with E-state index in [1.54, 1.807) is 30.1 Å². The first-order chi connectivity index (χ1) is 11.6. The molecule has 0 spiro atoms. The van der Waals surface area contributed by atoms with Crippen LogP contribution in [0.3, 0.4) is 0 Å². The van der Waals surface area contributed by atoms with E-state index >= 15 is 0 Å². The van der Waals surface area contributed by atoms with Crippen LogP contribution >= 0.6 is 11.6 Å². The average molecular weight is 344 g/mol. The van der Waals surface area contributed by atoms with Crippen LogP contribution in [0.2, 0.25) is 5.15 Å². The summed E-state index contributed by atoms with van der Waals surface area (Å²) in [6, 6.07) is 11.5. The van der Waals surface area contributed by atoms with Crippen molar-refractivity contribution in [3.8, 4) is 17.4 Å². The highest BCUT2D eigenvalue weighted by atomic mass is 35.5. The number of hydrogen-bond donors (Lipinski definition) is 0. The molecule has 0 amide bonds. The minimum atomic E-state index is 0.370. The number of halogens is 1. The van der Waals surface area contributed by atoms with Crippen LogP contribution in [0.4, 0.5) is 0 Å². The van der Waals surface area contributed by atoms with Crippen molar-refractivity contribution in [3.63, 3.8) is 0 Å². The van der Waals surface area contributed by atoms with Crippen LogP contribution in [-0.2, 0) is 6.61 Å². The molecule has 1 aromatic carbocycles. The predicted molar refractivity (Wildman–Crippen MR) is 93.2 cm³/mol. The Bertz CT molecular complexity index is 841. The van der Waals surface area contributed by atoms with Crippen molar-refractivity contribution in [2.45, 2.75) is 20.5 Å². The van der Waals surface area contributed by atoms with Gasteiger partial charge in [0.15, 0.2) is 0 Å². The van der Waals surface area contributed by atoms with E-state index in [4.69, 9.17) is 21.1 Å². The number of rotatable bonds is 5. The standard InChI is InChI=1S/C18H18ClN3O2/c1-12-5-4-6-13(2)14(12)11-24-17-9-10-22(21-17)15-7-8-16(19)20-18(15)23-3/h4-10H,11H2,1-3H3. The average Bonchev–Trinajstić information content (AvgIpc) is 3.03. The van der Waals surface area contributed by atoms with E-state index in [9.17, 15) is 0 Å². The van der Waals surface area contributed by atoms with Gasteiger partial charge in [-0.1, -0.05) is 29.8 Å². The van der Waals surface area contributed by atoms with Gasteiger partial charge in [0.05, 0.1) is 7.11 Å². The molecule has 0 fully saturated rings. The molecule has 24 heavy (non-hydrogen) atoms. The summed E-state index contributed by atoms with van der Waals surface area (Å²) in [6.45, 7) is 4.63. The Balaban J connectivity index is 1.79. The monoisotopic (exact) mass is 343 g/mol. The molecule has 0 saturated heterocycles. The van der Waals surface area contributed by atoms with Crippen LogP contribution in [0.5, 0.6) is 11.8 Å². The van der Waals surface area contributed by atoms with E-state index in [1.165, 1.54) is 16.7 Å². The number of hydrogen-bond acceptors (Lipinski definition) is 4. The smallest absolute Gasteiger partial charge is 0.241 e. The third-order valence-electron chi connectivity index (χ3n) is 3.82. The van der Waals surface area contributed by atoms with Gasteiger partial charge in [-0.2, -0.15) is 4.98 Å². The Hall–Kier alpha value is -2.53. The van der Waals surface area contributed by atoms with Gasteiger partial charge < -0.3 is 9.47 Å². The normalized spacial score (nSPS) is 10.7. The molecular weight excluding hydrogens is 326 g/mol. The fourth-order valence-corrected chi connectivity index (χ4v) is 2.62. The van der Waals surface area contributed by atoms with Crippen LogP contribution < -0.4 is 9.47 Å². The van der Waals surface area contributed by atoms with Crippen LogP contribution in [0.1, 0.15) is 16.7 Å². The van der Waals surface area contributed by atoms with Gasteiger partial charge in [0, 0.05) is 12.3 Å². The van der Waals surface area contributed by atoms with Crippen molar-refractivity contribution in [1.82, 2.24) is 14.8 Å². The molecular formula is C18H18ClN3O2. The summed E-state index contributed by atoms with van der Waals surface area (Å²) in [7, 11) is 1.55. The van der Waals surface area contributed by atoms with E-state index in [1.807, 2.05) is 12.1 Å². The lowest BCUT2D eigenvalue weighted by Gasteiger charge is -2.10. The largest absolute Gasteiger partial charge is 0.479 e. The lowest BCUT2D eigenvalue weighted by Crippen LogP contribution is -2.03. The highest BCUT2D eigenvalue weighted by molar-refractivity contribution is 6.29. The molecule has 0 unspecified atom stereocenters. The van der Waals surface area contributed by atoms with Crippen molar-refractivity contribution >= 4 is 11.6 Å². The zero-order valence-electron chi connectivity index (χ0n) is 13.8. The van der Waals surface area contributed by atoms with Gasteiger partial charge in [0.25, 0.3) is 0 Å². The van der Waals surface area contributed by atoms with Gasteiger partial charge in [-0.25, -0.2) is 4.68 Å². The van der Waals surface area contributed by atoms with Crippen LogP contribution in [0, 0.1) is 13.8 Å². The first-order valence-corrected chi connectivity index (χ1v) is 7.91. The van der Waals surface area contributed by atoms with E-state index in [2.05, 4.69) is 36.1 Å². The van der Waals surface area contributed by atoms with Gasteiger partial charge in [-0.15, -0.1) is 5.10 Å². The summed E-state index contributed by atoms with van der Waals surface area (Å²) in [5.74, 6) is 0.946. The minimum absolute atomic E-state index is 0.370. The van der Waals surface area contributed by atoms with Crippen molar-refractivity contribution in [1.29, 1.82) is 0 Å². The van der Waals surface area contributed by atoms with E-state index in [0.29, 0.717) is 29.2 Å². The molecule has 0 radical (unpaired) electrons. The second kappa shape index (κ2) is 6.93. The predicted octanol–water partition coefficient (Wildman–Crippen LogP) is 4.13. The number of pyridine rings is 1. The molecule has 2 aromatic heterocycles. The third-order valence-corrected chi connectivity index (χ3v) is 4.03. The first-order valence-electron chi connectivity index (χ1n) is 7.53. The fourth-order valence-electron chi connectivity index (χ4n) is 2.48. The van der Waals surface area contributed by atoms with Crippen LogP contribution in [0.15, 0.2) is 42.6 Å². The summed E-state index contributed by atoms with van der Waals surface area (Å²) in [5.41, 5.74) is 4.29. The van der Waals surface area contributed by atoms with Crippen molar-refractivity contribution in [2.24, 2.45) is 0 Å². The summed E-state index contributed by atoms with van der Waals surface area (Å²) >= 11 is 5.89. The SMILES string of the molecule is COc1nc(Cl)ccc1-n1ccc(OCc2c(C)cccc2C)n1. The summed E-state index contributed by atoms with van der Waals surface area (Å²) in [4.78, 5) is 4.14. The van der Waals surface area contributed by atoms with Crippen molar-refractivity contribution < 1.29 is 9.47 Å². The summed E-state index contributed by atoms with van der Waals surface area (Å²) in [5, 5.41) is 4.79. The van der Waals surface area contributed by atoms with Crippen molar-refractivity contribution in [2.75, 3.05) is 7.11 Å². The maximum absolute atomic E-state index is 5.89. The van der Waals surface area contributed by atoms with Gasteiger partial charge >= 0.3 is 0 Å². The number of ether oxygens (including phenoxy) is 2. The van der Waals surface area contributed by atoms with E-state index in [0.717, 1.165) is 0 Å². The number of methoxy groups -OCH3 is 1.